The Kier molecular flexibility index (Phi) is 4.62. The predicted octanol–water partition coefficient (Wildman–Crippen LogP) is -0.173. The molecule has 0 radical (unpaired) electrons. The van der Waals surface area contributed by atoms with E-state index in [0.717, 1.165) is 6.07 Å². The first-order valence-electron chi connectivity index (χ1n) is 5.53. The van der Waals surface area contributed by atoms with Gasteiger partial charge in [-0.15, -0.1) is 0 Å². The molecule has 1 unspecified atom stereocenters. The summed E-state index contributed by atoms with van der Waals surface area (Å²) in [4.78, 5) is 35.1. The third kappa shape index (κ3) is 3.54. The number of carbonyl (C=O) groups is 3. The first kappa shape index (κ1) is 14.7. The van der Waals surface area contributed by atoms with Gasteiger partial charge in [-0.3, -0.25) is 9.59 Å². The normalized spacial score (nSPS) is 11.7. The van der Waals surface area contributed by atoms with Crippen LogP contribution in [0, 0.1) is 5.92 Å². The van der Waals surface area contributed by atoms with Gasteiger partial charge in [0.1, 0.15) is 0 Å². The van der Waals surface area contributed by atoms with Crippen LogP contribution in [-0.2, 0) is 4.79 Å². The Hall–Kier alpha value is -2.38. The second-order valence-corrected chi connectivity index (χ2v) is 4.08. The fourth-order valence-corrected chi connectivity index (χ4v) is 1.50. The summed E-state index contributed by atoms with van der Waals surface area (Å²) in [5.74, 6) is -2.79. The average Bonchev–Trinajstić information content (AvgIpc) is 2.86. The molecule has 0 spiro atoms. The molecule has 8 heteroatoms. The fraction of sp³-hybridized carbons (Fsp3) is 0.455. The molecule has 104 valence electrons. The number of carboxylic acid groups (broad SMARTS) is 1. The zero-order chi connectivity index (χ0) is 14.6. The van der Waals surface area contributed by atoms with Crippen LogP contribution in [0.2, 0.25) is 0 Å². The molecule has 0 fully saturated rings. The van der Waals surface area contributed by atoms with Gasteiger partial charge in [0.25, 0.3) is 5.91 Å². The number of aromatic nitrogens is 1. The van der Waals surface area contributed by atoms with Crippen molar-refractivity contribution in [3.05, 3.63) is 17.5 Å². The number of carbonyl (C=O) groups excluding carboxylic acids is 2. The zero-order valence-corrected chi connectivity index (χ0v) is 10.8. The second-order valence-electron chi connectivity index (χ2n) is 4.08. The first-order valence-corrected chi connectivity index (χ1v) is 5.53. The van der Waals surface area contributed by atoms with Gasteiger partial charge in [0.05, 0.1) is 5.92 Å². The van der Waals surface area contributed by atoms with Crippen molar-refractivity contribution < 1.29 is 24.0 Å². The summed E-state index contributed by atoms with van der Waals surface area (Å²) in [5, 5.41) is 14.5. The van der Waals surface area contributed by atoms with Gasteiger partial charge in [-0.05, 0) is 0 Å². The molecule has 0 aliphatic heterocycles. The second kappa shape index (κ2) is 5.98. The number of nitrogens with zero attached hydrogens (tertiary/aromatic N) is 2. The highest BCUT2D eigenvalue weighted by Gasteiger charge is 2.22. The van der Waals surface area contributed by atoms with Crippen LogP contribution >= 0.6 is 0 Å². The Bertz CT molecular complexity index is 496. The van der Waals surface area contributed by atoms with Crippen molar-refractivity contribution in [2.45, 2.75) is 6.92 Å². The molecule has 1 aromatic heterocycles. The molecule has 1 atom stereocenters. The molecule has 1 aromatic rings. The maximum Gasteiger partial charge on any atom is 0.374 e. The van der Waals surface area contributed by atoms with E-state index >= 15 is 0 Å². The van der Waals surface area contributed by atoms with E-state index in [0.29, 0.717) is 0 Å². The Morgan fingerprint density at radius 3 is 2.63 bits per heavy atom. The highest BCUT2D eigenvalue weighted by atomic mass is 16.5. The topological polar surface area (TPSA) is 113 Å². The highest BCUT2D eigenvalue weighted by molar-refractivity contribution is 5.95. The molecule has 0 bridgehead atoms. The Labute approximate surface area is 109 Å². The van der Waals surface area contributed by atoms with E-state index < -0.39 is 17.6 Å². The van der Waals surface area contributed by atoms with Crippen molar-refractivity contribution in [2.75, 3.05) is 20.6 Å². The summed E-state index contributed by atoms with van der Waals surface area (Å²) in [6, 6.07) is 1.05. The smallest absolute Gasteiger partial charge is 0.374 e. The molecule has 0 saturated heterocycles. The molecule has 2 amide bonds. The molecule has 2 N–H and O–H groups in total. The lowest BCUT2D eigenvalue weighted by Crippen LogP contribution is -2.37. The highest BCUT2D eigenvalue weighted by Crippen LogP contribution is 2.08. The van der Waals surface area contributed by atoms with Crippen LogP contribution in [0.4, 0.5) is 0 Å². The van der Waals surface area contributed by atoms with Crippen molar-refractivity contribution in [2.24, 2.45) is 5.92 Å². The molecule has 0 aliphatic rings. The van der Waals surface area contributed by atoms with Gasteiger partial charge in [0.2, 0.25) is 11.7 Å². The zero-order valence-electron chi connectivity index (χ0n) is 10.8. The van der Waals surface area contributed by atoms with Crippen LogP contribution < -0.4 is 5.32 Å². The van der Waals surface area contributed by atoms with Gasteiger partial charge in [-0.1, -0.05) is 12.1 Å². The molecule has 1 rings (SSSR count). The van der Waals surface area contributed by atoms with Crippen molar-refractivity contribution >= 4 is 17.8 Å². The lowest BCUT2D eigenvalue weighted by Gasteiger charge is -2.19. The number of nitrogens with one attached hydrogen (secondary N) is 1. The van der Waals surface area contributed by atoms with Crippen molar-refractivity contribution in [3.8, 4) is 0 Å². The van der Waals surface area contributed by atoms with Gasteiger partial charge in [-0.25, -0.2) is 4.79 Å². The van der Waals surface area contributed by atoms with Gasteiger partial charge in [0.15, 0.2) is 5.69 Å². The van der Waals surface area contributed by atoms with E-state index in [-0.39, 0.29) is 24.1 Å². The summed E-state index contributed by atoms with van der Waals surface area (Å²) in [6.07, 6.45) is 0. The van der Waals surface area contributed by atoms with E-state index in [1.807, 2.05) is 0 Å². The summed E-state index contributed by atoms with van der Waals surface area (Å²) in [5.41, 5.74) is -0.107. The Balaban J connectivity index is 2.71. The number of aromatic carboxylic acids is 1. The Morgan fingerprint density at radius 2 is 2.16 bits per heavy atom. The minimum atomic E-state index is -1.30. The minimum absolute atomic E-state index is 0.107. The molecule has 19 heavy (non-hydrogen) atoms. The largest absolute Gasteiger partial charge is 0.475 e. The fourth-order valence-electron chi connectivity index (χ4n) is 1.50. The third-order valence-electron chi connectivity index (χ3n) is 2.53. The number of amides is 2. The summed E-state index contributed by atoms with van der Waals surface area (Å²) in [7, 11) is 3.01. The summed E-state index contributed by atoms with van der Waals surface area (Å²) < 4.78 is 4.49. The van der Waals surface area contributed by atoms with Crippen LogP contribution in [0.25, 0.3) is 0 Å². The van der Waals surface area contributed by atoms with Crippen LogP contribution in [0.1, 0.15) is 28.0 Å². The molecule has 0 aliphatic carbocycles. The van der Waals surface area contributed by atoms with Crippen LogP contribution in [-0.4, -0.2) is 53.6 Å². The van der Waals surface area contributed by atoms with Crippen LogP contribution in [0.3, 0.4) is 0 Å². The third-order valence-corrected chi connectivity index (χ3v) is 2.53. The lowest BCUT2D eigenvalue weighted by atomic mass is 10.1. The first-order chi connectivity index (χ1) is 8.86. The van der Waals surface area contributed by atoms with Crippen LogP contribution in [0.5, 0.6) is 0 Å². The molecule has 0 saturated carbocycles. The maximum absolute atomic E-state index is 11.9. The van der Waals surface area contributed by atoms with Gasteiger partial charge < -0.3 is 19.8 Å². The standard InChI is InChI=1S/C11H15N3O5/c1-6(9(15)12-2)5-14(3)10(16)7-4-8(11(17)18)19-13-7/h4,6H,5H2,1-3H3,(H,12,15)(H,17,18). The van der Waals surface area contributed by atoms with Gasteiger partial charge in [0, 0.05) is 26.7 Å². The van der Waals surface area contributed by atoms with Gasteiger partial charge in [-0.2, -0.15) is 0 Å². The minimum Gasteiger partial charge on any atom is -0.475 e. The van der Waals surface area contributed by atoms with Gasteiger partial charge >= 0.3 is 5.97 Å². The van der Waals surface area contributed by atoms with E-state index in [1.54, 1.807) is 6.92 Å². The Morgan fingerprint density at radius 1 is 1.53 bits per heavy atom. The monoisotopic (exact) mass is 269 g/mol. The van der Waals surface area contributed by atoms with Crippen molar-refractivity contribution in [1.29, 1.82) is 0 Å². The molecular formula is C11H15N3O5. The maximum atomic E-state index is 11.9. The van der Waals surface area contributed by atoms with Crippen LogP contribution in [0.15, 0.2) is 10.6 Å². The van der Waals surface area contributed by atoms with E-state index in [1.165, 1.54) is 19.0 Å². The summed E-state index contributed by atoms with van der Waals surface area (Å²) in [6.45, 7) is 1.86. The number of hydrogen-bond donors (Lipinski definition) is 2. The predicted molar refractivity (Wildman–Crippen MR) is 63.7 cm³/mol. The number of carboxylic acids is 1. The molecule has 0 aromatic carbocycles. The van der Waals surface area contributed by atoms with E-state index in [9.17, 15) is 14.4 Å². The number of hydrogen-bond acceptors (Lipinski definition) is 5. The molecular weight excluding hydrogens is 254 g/mol. The van der Waals surface area contributed by atoms with E-state index in [2.05, 4.69) is 15.0 Å². The molecule has 8 nitrogen and oxygen atoms in total. The SMILES string of the molecule is CNC(=O)C(C)CN(C)C(=O)c1cc(C(=O)O)on1. The lowest BCUT2D eigenvalue weighted by molar-refractivity contribution is -0.124. The van der Waals surface area contributed by atoms with Crippen molar-refractivity contribution in [3.63, 3.8) is 0 Å². The average molecular weight is 269 g/mol. The number of rotatable bonds is 5. The summed E-state index contributed by atoms with van der Waals surface area (Å²) >= 11 is 0. The van der Waals surface area contributed by atoms with Crippen molar-refractivity contribution in [1.82, 2.24) is 15.4 Å². The van der Waals surface area contributed by atoms with E-state index in [4.69, 9.17) is 5.11 Å². The quantitative estimate of drug-likeness (QED) is 0.767. The molecule has 1 heterocycles.